The number of carbonyl (C=O) groups is 2. The molecule has 2 rings (SSSR count). The third kappa shape index (κ3) is 5.86. The molecule has 1 N–H and O–H groups in total. The van der Waals surface area contributed by atoms with Gasteiger partial charge in [-0.15, -0.1) is 11.3 Å². The lowest BCUT2D eigenvalue weighted by atomic mass is 10.0. The maximum Gasteiger partial charge on any atom is 0.329 e. The van der Waals surface area contributed by atoms with Gasteiger partial charge in [0.25, 0.3) is 5.91 Å². The van der Waals surface area contributed by atoms with Crippen LogP contribution in [0.4, 0.5) is 4.39 Å². The molecule has 1 aromatic heterocycles. The third-order valence-electron chi connectivity index (χ3n) is 3.36. The second kappa shape index (κ2) is 9.17. The van der Waals surface area contributed by atoms with Gasteiger partial charge in [0.15, 0.2) is 0 Å². The Morgan fingerprint density at radius 3 is 2.48 bits per heavy atom. The van der Waals surface area contributed by atoms with E-state index in [0.29, 0.717) is 10.6 Å². The van der Waals surface area contributed by atoms with Gasteiger partial charge >= 0.3 is 5.97 Å². The lowest BCUT2D eigenvalue weighted by molar-refractivity contribution is -0.147. The van der Waals surface area contributed by atoms with Crippen LogP contribution in [0, 0.1) is 11.7 Å². The Kier molecular flexibility index (Phi) is 6.94. The zero-order valence-corrected chi connectivity index (χ0v) is 14.8. The van der Waals surface area contributed by atoms with Gasteiger partial charge in [-0.3, -0.25) is 4.79 Å². The molecule has 0 saturated heterocycles. The van der Waals surface area contributed by atoms with Crippen molar-refractivity contribution in [1.82, 2.24) is 5.32 Å². The molecule has 0 spiro atoms. The van der Waals surface area contributed by atoms with Crippen LogP contribution in [-0.2, 0) is 9.53 Å². The highest BCUT2D eigenvalue weighted by Crippen LogP contribution is 2.12. The molecular weight excluding hydrogens is 345 g/mol. The predicted octanol–water partition coefficient (Wildman–Crippen LogP) is 3.26. The van der Waals surface area contributed by atoms with Crippen molar-refractivity contribution in [2.45, 2.75) is 19.9 Å². The van der Waals surface area contributed by atoms with Gasteiger partial charge in [-0.25, -0.2) is 9.18 Å². The molecule has 0 aliphatic heterocycles. The number of benzene rings is 1. The van der Waals surface area contributed by atoms with Crippen molar-refractivity contribution >= 4 is 23.2 Å². The number of rotatable bonds is 8. The van der Waals surface area contributed by atoms with Crippen LogP contribution in [0.2, 0.25) is 0 Å². The van der Waals surface area contributed by atoms with Crippen LogP contribution in [0.25, 0.3) is 0 Å². The monoisotopic (exact) mass is 365 g/mol. The molecule has 0 bridgehead atoms. The molecule has 7 heteroatoms. The molecule has 134 valence electrons. The van der Waals surface area contributed by atoms with Gasteiger partial charge in [-0.2, -0.15) is 0 Å². The van der Waals surface area contributed by atoms with Crippen molar-refractivity contribution in [3.63, 3.8) is 0 Å². The summed E-state index contributed by atoms with van der Waals surface area (Å²) < 4.78 is 23.3. The van der Waals surface area contributed by atoms with Gasteiger partial charge in [0, 0.05) is 0 Å². The maximum absolute atomic E-state index is 12.8. The Morgan fingerprint density at radius 2 is 1.88 bits per heavy atom. The quantitative estimate of drug-likeness (QED) is 0.576. The second-order valence-corrected chi connectivity index (χ2v) is 6.59. The average molecular weight is 365 g/mol. The Labute approximate surface area is 149 Å². The van der Waals surface area contributed by atoms with E-state index in [1.54, 1.807) is 17.5 Å². The first kappa shape index (κ1) is 18.9. The number of carbonyl (C=O) groups excluding carboxylic acids is 2. The van der Waals surface area contributed by atoms with Crippen LogP contribution in [0.3, 0.4) is 0 Å². The minimum atomic E-state index is -0.736. The first-order valence-electron chi connectivity index (χ1n) is 7.86. The number of hydrogen-bond donors (Lipinski definition) is 1. The van der Waals surface area contributed by atoms with Gasteiger partial charge in [0.05, 0.1) is 4.88 Å². The third-order valence-corrected chi connectivity index (χ3v) is 4.23. The largest absolute Gasteiger partial charge is 0.490 e. The van der Waals surface area contributed by atoms with E-state index in [1.165, 1.54) is 35.6 Å². The highest BCUT2D eigenvalue weighted by Gasteiger charge is 2.26. The SMILES string of the molecule is CC(C)C(NC(=O)c1cccs1)C(=O)OCCOc1ccc(F)cc1. The molecule has 1 heterocycles. The number of halogens is 1. The van der Waals surface area contributed by atoms with Crippen LogP contribution in [0.15, 0.2) is 41.8 Å². The molecule has 0 aliphatic carbocycles. The Balaban J connectivity index is 1.79. The minimum absolute atomic E-state index is 0.0360. The Bertz CT molecular complexity index is 686. The maximum atomic E-state index is 12.8. The highest BCUT2D eigenvalue weighted by atomic mass is 32.1. The van der Waals surface area contributed by atoms with Crippen LogP contribution < -0.4 is 10.1 Å². The number of hydrogen-bond acceptors (Lipinski definition) is 5. The number of amides is 1. The van der Waals surface area contributed by atoms with E-state index < -0.39 is 12.0 Å². The van der Waals surface area contributed by atoms with Crippen molar-refractivity contribution in [3.8, 4) is 5.75 Å². The summed E-state index contributed by atoms with van der Waals surface area (Å²) >= 11 is 1.31. The summed E-state index contributed by atoms with van der Waals surface area (Å²) in [4.78, 5) is 24.9. The molecule has 1 atom stereocenters. The second-order valence-electron chi connectivity index (χ2n) is 5.64. The number of ether oxygens (including phenoxy) is 2. The number of thiophene rings is 1. The smallest absolute Gasteiger partial charge is 0.329 e. The van der Waals surface area contributed by atoms with Gasteiger partial charge in [0.2, 0.25) is 0 Å². The van der Waals surface area contributed by atoms with Crippen LogP contribution in [-0.4, -0.2) is 31.1 Å². The Morgan fingerprint density at radius 1 is 1.16 bits per heavy atom. The highest BCUT2D eigenvalue weighted by molar-refractivity contribution is 7.12. The molecule has 2 aromatic rings. The van der Waals surface area contributed by atoms with Gasteiger partial charge in [0.1, 0.15) is 30.8 Å². The predicted molar refractivity (Wildman–Crippen MR) is 93.3 cm³/mol. The van der Waals surface area contributed by atoms with E-state index in [-0.39, 0.29) is 30.9 Å². The van der Waals surface area contributed by atoms with Crippen molar-refractivity contribution in [3.05, 3.63) is 52.5 Å². The van der Waals surface area contributed by atoms with Gasteiger partial charge < -0.3 is 14.8 Å². The summed E-state index contributed by atoms with van der Waals surface area (Å²) in [5.41, 5.74) is 0. The lowest BCUT2D eigenvalue weighted by Gasteiger charge is -2.20. The number of esters is 1. The van der Waals surface area contributed by atoms with Crippen LogP contribution in [0.1, 0.15) is 23.5 Å². The van der Waals surface area contributed by atoms with E-state index in [2.05, 4.69) is 5.32 Å². The van der Waals surface area contributed by atoms with Crippen molar-refractivity contribution in [2.24, 2.45) is 5.92 Å². The summed E-state index contributed by atoms with van der Waals surface area (Å²) in [6.07, 6.45) is 0. The summed E-state index contributed by atoms with van der Waals surface area (Å²) in [6, 6.07) is 8.30. The van der Waals surface area contributed by atoms with E-state index in [0.717, 1.165) is 0 Å². The van der Waals surface area contributed by atoms with Gasteiger partial charge in [-0.1, -0.05) is 19.9 Å². The van der Waals surface area contributed by atoms with Crippen molar-refractivity contribution in [2.75, 3.05) is 13.2 Å². The Hall–Kier alpha value is -2.41. The van der Waals surface area contributed by atoms with E-state index in [1.807, 2.05) is 13.8 Å². The molecule has 0 aliphatic rings. The van der Waals surface area contributed by atoms with E-state index >= 15 is 0 Å². The van der Waals surface area contributed by atoms with Crippen molar-refractivity contribution in [1.29, 1.82) is 0 Å². The number of nitrogens with one attached hydrogen (secondary N) is 1. The van der Waals surface area contributed by atoms with Crippen molar-refractivity contribution < 1.29 is 23.5 Å². The molecule has 1 unspecified atom stereocenters. The average Bonchev–Trinajstić information content (AvgIpc) is 3.12. The topological polar surface area (TPSA) is 64.6 Å². The molecular formula is C18H20FNO4S. The molecule has 25 heavy (non-hydrogen) atoms. The zero-order valence-electron chi connectivity index (χ0n) is 14.0. The first-order valence-corrected chi connectivity index (χ1v) is 8.74. The summed E-state index contributed by atoms with van der Waals surface area (Å²) in [6.45, 7) is 3.83. The minimum Gasteiger partial charge on any atom is -0.490 e. The summed E-state index contributed by atoms with van der Waals surface area (Å²) in [5.74, 6) is -0.783. The lowest BCUT2D eigenvalue weighted by Crippen LogP contribution is -2.45. The van der Waals surface area contributed by atoms with Gasteiger partial charge in [-0.05, 0) is 41.6 Å². The summed E-state index contributed by atoms with van der Waals surface area (Å²) in [7, 11) is 0. The first-order chi connectivity index (χ1) is 12.0. The van der Waals surface area contributed by atoms with E-state index in [9.17, 15) is 14.0 Å². The standard InChI is InChI=1S/C18H20FNO4S/c1-12(2)16(20-17(21)15-4-3-11-25-15)18(22)24-10-9-23-14-7-5-13(19)6-8-14/h3-8,11-12,16H,9-10H2,1-2H3,(H,20,21). The summed E-state index contributed by atoms with van der Waals surface area (Å²) in [5, 5.41) is 4.49. The molecule has 1 aromatic carbocycles. The fourth-order valence-electron chi connectivity index (χ4n) is 2.04. The molecule has 0 saturated carbocycles. The zero-order chi connectivity index (χ0) is 18.2. The fraction of sp³-hybridized carbons (Fsp3) is 0.333. The molecule has 0 radical (unpaired) electrons. The van der Waals surface area contributed by atoms with Crippen LogP contribution in [0.5, 0.6) is 5.75 Å². The normalized spacial score (nSPS) is 11.8. The van der Waals surface area contributed by atoms with E-state index in [4.69, 9.17) is 9.47 Å². The molecule has 0 fully saturated rings. The molecule has 5 nitrogen and oxygen atoms in total. The fourth-order valence-corrected chi connectivity index (χ4v) is 2.67. The van der Waals surface area contributed by atoms with Crippen LogP contribution >= 0.6 is 11.3 Å². The molecule has 1 amide bonds.